The summed E-state index contributed by atoms with van der Waals surface area (Å²) in [6.45, 7) is 1.68. The van der Waals surface area contributed by atoms with Crippen LogP contribution in [0.3, 0.4) is 0 Å². The molecule has 21 heavy (non-hydrogen) atoms. The predicted molar refractivity (Wildman–Crippen MR) is 75.4 cm³/mol. The number of ether oxygens (including phenoxy) is 1. The van der Waals surface area contributed by atoms with Gasteiger partial charge in [0.2, 0.25) is 0 Å². The number of hydrogen-bond donors (Lipinski definition) is 3. The zero-order valence-corrected chi connectivity index (χ0v) is 11.5. The fourth-order valence-corrected chi connectivity index (χ4v) is 2.38. The lowest BCUT2D eigenvalue weighted by Crippen LogP contribution is -2.24. The van der Waals surface area contributed by atoms with Crippen LogP contribution >= 0.6 is 0 Å². The van der Waals surface area contributed by atoms with E-state index < -0.39 is 18.4 Å². The zero-order chi connectivity index (χ0) is 14.8. The first kappa shape index (κ1) is 13.9. The molecule has 0 spiro atoms. The molecule has 1 fully saturated rings. The average Bonchev–Trinajstić information content (AvgIpc) is 3.08. The van der Waals surface area contributed by atoms with Crippen molar-refractivity contribution in [2.24, 2.45) is 0 Å². The van der Waals surface area contributed by atoms with Gasteiger partial charge in [0.1, 0.15) is 18.7 Å². The molecular formula is C13H17N5O3. The van der Waals surface area contributed by atoms with E-state index in [2.05, 4.69) is 20.3 Å². The van der Waals surface area contributed by atoms with Gasteiger partial charge in [0, 0.05) is 6.42 Å². The van der Waals surface area contributed by atoms with Gasteiger partial charge in [0.15, 0.2) is 17.0 Å². The highest BCUT2D eigenvalue weighted by Gasteiger charge is 2.35. The zero-order valence-electron chi connectivity index (χ0n) is 11.5. The topological polar surface area (TPSA) is 105 Å². The maximum atomic E-state index is 9.83. The number of hydrogen-bond acceptors (Lipinski definition) is 7. The first-order valence-electron chi connectivity index (χ1n) is 6.74. The molecule has 3 rings (SSSR count). The smallest absolute Gasteiger partial charge is 0.167 e. The highest BCUT2D eigenvalue weighted by Crippen LogP contribution is 2.31. The summed E-state index contributed by atoms with van der Waals surface area (Å²) < 4.78 is 7.37. The van der Waals surface area contributed by atoms with Crippen molar-refractivity contribution in [2.45, 2.75) is 31.8 Å². The molecule has 2 aromatic heterocycles. The largest absolute Gasteiger partial charge is 0.394 e. The number of allylic oxidation sites excluding steroid dienone is 1. The summed E-state index contributed by atoms with van der Waals surface area (Å²) in [6, 6.07) is 0. The number of imidazole rings is 1. The molecule has 0 bridgehead atoms. The lowest BCUT2D eigenvalue weighted by atomic mass is 10.2. The lowest BCUT2D eigenvalue weighted by molar-refractivity contribution is -0.0432. The molecule has 0 amide bonds. The molecule has 1 aliphatic rings. The first-order valence-corrected chi connectivity index (χ1v) is 6.74. The van der Waals surface area contributed by atoms with E-state index in [-0.39, 0.29) is 6.61 Å². The Labute approximate surface area is 121 Å². The molecule has 0 aliphatic carbocycles. The maximum Gasteiger partial charge on any atom is 0.167 e. The average molecular weight is 291 g/mol. The Morgan fingerprint density at radius 3 is 3.05 bits per heavy atom. The van der Waals surface area contributed by atoms with Gasteiger partial charge >= 0.3 is 0 Å². The van der Waals surface area contributed by atoms with E-state index in [0.29, 0.717) is 23.4 Å². The minimum atomic E-state index is -0.695. The van der Waals surface area contributed by atoms with Crippen molar-refractivity contribution in [1.29, 1.82) is 0 Å². The van der Waals surface area contributed by atoms with Gasteiger partial charge in [-0.25, -0.2) is 15.0 Å². The van der Waals surface area contributed by atoms with Gasteiger partial charge in [-0.1, -0.05) is 6.08 Å². The van der Waals surface area contributed by atoms with Gasteiger partial charge in [-0.3, -0.25) is 4.57 Å². The van der Waals surface area contributed by atoms with Gasteiger partial charge in [-0.2, -0.15) is 0 Å². The van der Waals surface area contributed by atoms with Gasteiger partial charge in [0.25, 0.3) is 0 Å². The second-order valence-electron chi connectivity index (χ2n) is 4.81. The van der Waals surface area contributed by atoms with E-state index in [9.17, 15) is 5.11 Å². The molecular weight excluding hydrogens is 274 g/mol. The summed E-state index contributed by atoms with van der Waals surface area (Å²) in [6.07, 6.45) is 5.39. The standard InChI is InChI=1S/C13H17N5O3/c1-2-3-14-12-11-13(16-6-15-12)18(7-17-11)10-4-8(20)9(5-19)21-10/h2-3,6-10,19-20H,4-5H2,1H3,(H,14,15,16)/t8?,9-,10-/m1/s1. The van der Waals surface area contributed by atoms with Crippen LogP contribution in [0.2, 0.25) is 0 Å². The number of aliphatic hydroxyl groups is 2. The van der Waals surface area contributed by atoms with Crippen molar-refractivity contribution < 1.29 is 14.9 Å². The highest BCUT2D eigenvalue weighted by molar-refractivity contribution is 5.83. The van der Waals surface area contributed by atoms with Crippen molar-refractivity contribution >= 4 is 17.0 Å². The summed E-state index contributed by atoms with van der Waals surface area (Å²) in [5.41, 5.74) is 1.24. The first-order chi connectivity index (χ1) is 10.2. The number of aromatic nitrogens is 4. The minimum Gasteiger partial charge on any atom is -0.394 e. The Morgan fingerprint density at radius 2 is 2.33 bits per heavy atom. The van der Waals surface area contributed by atoms with Crippen molar-refractivity contribution in [3.05, 3.63) is 24.9 Å². The second kappa shape index (κ2) is 5.76. The quantitative estimate of drug-likeness (QED) is 0.749. The maximum absolute atomic E-state index is 9.83. The third-order valence-electron chi connectivity index (χ3n) is 3.44. The molecule has 1 saturated heterocycles. The van der Waals surface area contributed by atoms with E-state index in [1.54, 1.807) is 17.1 Å². The Hall–Kier alpha value is -2.03. The summed E-state index contributed by atoms with van der Waals surface area (Å²) in [4.78, 5) is 12.7. The molecule has 112 valence electrons. The lowest BCUT2D eigenvalue weighted by Gasteiger charge is -2.13. The van der Waals surface area contributed by atoms with E-state index in [1.165, 1.54) is 6.33 Å². The molecule has 1 unspecified atom stereocenters. The van der Waals surface area contributed by atoms with Crippen LogP contribution in [0.25, 0.3) is 11.2 Å². The van der Waals surface area contributed by atoms with Crippen LogP contribution in [0.5, 0.6) is 0 Å². The summed E-state index contributed by atoms with van der Waals surface area (Å²) >= 11 is 0. The van der Waals surface area contributed by atoms with Gasteiger partial charge in [-0.05, 0) is 13.1 Å². The monoisotopic (exact) mass is 291 g/mol. The van der Waals surface area contributed by atoms with Crippen LogP contribution in [0.15, 0.2) is 24.9 Å². The van der Waals surface area contributed by atoms with Gasteiger partial charge < -0.3 is 20.3 Å². The minimum absolute atomic E-state index is 0.215. The van der Waals surface area contributed by atoms with E-state index in [4.69, 9.17) is 9.84 Å². The van der Waals surface area contributed by atoms with Crippen LogP contribution in [0.4, 0.5) is 5.82 Å². The van der Waals surface area contributed by atoms with Crippen LogP contribution in [0, 0.1) is 0 Å². The molecule has 0 aromatic carbocycles. The summed E-state index contributed by atoms with van der Waals surface area (Å²) in [7, 11) is 0. The van der Waals surface area contributed by atoms with Crippen LogP contribution in [0.1, 0.15) is 19.6 Å². The SMILES string of the molecule is CC=CNc1ncnc2c1ncn2[C@H]1CC(O)[C@@H](CO)O1. The number of nitrogens with one attached hydrogen (secondary N) is 1. The Morgan fingerprint density at radius 1 is 1.48 bits per heavy atom. The Bertz CT molecular complexity index is 656. The molecule has 3 atom stereocenters. The number of rotatable bonds is 4. The van der Waals surface area contributed by atoms with E-state index in [1.807, 2.05) is 13.0 Å². The summed E-state index contributed by atoms with van der Waals surface area (Å²) in [5, 5.41) is 22.0. The van der Waals surface area contributed by atoms with Gasteiger partial charge in [0.05, 0.1) is 19.0 Å². The molecule has 8 nitrogen and oxygen atoms in total. The molecule has 3 heterocycles. The Balaban J connectivity index is 1.94. The van der Waals surface area contributed by atoms with Crippen molar-refractivity contribution in [3.63, 3.8) is 0 Å². The molecule has 8 heteroatoms. The van der Waals surface area contributed by atoms with E-state index in [0.717, 1.165) is 0 Å². The van der Waals surface area contributed by atoms with Crippen molar-refractivity contribution in [2.75, 3.05) is 11.9 Å². The van der Waals surface area contributed by atoms with Gasteiger partial charge in [-0.15, -0.1) is 0 Å². The molecule has 1 aliphatic heterocycles. The highest BCUT2D eigenvalue weighted by atomic mass is 16.5. The number of aliphatic hydroxyl groups excluding tert-OH is 2. The third kappa shape index (κ3) is 2.48. The molecule has 3 N–H and O–H groups in total. The van der Waals surface area contributed by atoms with Crippen LogP contribution < -0.4 is 5.32 Å². The molecule has 0 saturated carbocycles. The Kier molecular flexibility index (Phi) is 3.82. The molecule has 0 radical (unpaired) electrons. The van der Waals surface area contributed by atoms with E-state index >= 15 is 0 Å². The molecule has 2 aromatic rings. The fourth-order valence-electron chi connectivity index (χ4n) is 2.38. The number of nitrogens with zero attached hydrogens (tertiary/aromatic N) is 4. The second-order valence-corrected chi connectivity index (χ2v) is 4.81. The third-order valence-corrected chi connectivity index (χ3v) is 3.44. The van der Waals surface area contributed by atoms with Crippen LogP contribution in [-0.4, -0.2) is 48.5 Å². The number of anilines is 1. The summed E-state index contributed by atoms with van der Waals surface area (Å²) in [5.74, 6) is 0.606. The van der Waals surface area contributed by atoms with Crippen LogP contribution in [-0.2, 0) is 4.74 Å². The number of fused-ring (bicyclic) bond motifs is 1. The fraction of sp³-hybridized carbons (Fsp3) is 0.462. The van der Waals surface area contributed by atoms with Crippen molar-refractivity contribution in [1.82, 2.24) is 19.5 Å². The van der Waals surface area contributed by atoms with Crippen molar-refractivity contribution in [3.8, 4) is 0 Å². The predicted octanol–water partition coefficient (Wildman–Crippen LogP) is 0.412. The normalized spacial score (nSPS) is 26.0.